The quantitative estimate of drug-likeness (QED) is 0.832. The minimum Gasteiger partial charge on any atom is -0.337 e. The molecule has 20 heavy (non-hydrogen) atoms. The van der Waals surface area contributed by atoms with Crippen LogP contribution in [0.1, 0.15) is 30.0 Å². The predicted octanol–water partition coefficient (Wildman–Crippen LogP) is 1.14. The van der Waals surface area contributed by atoms with Crippen LogP contribution >= 0.6 is 0 Å². The Balaban J connectivity index is 1.56. The maximum absolute atomic E-state index is 11.8. The Morgan fingerprint density at radius 1 is 1.20 bits per heavy atom. The Hall–Kier alpha value is -1.39. The lowest BCUT2D eigenvalue weighted by Crippen LogP contribution is -2.54. The number of piperazine rings is 1. The Kier molecular flexibility index (Phi) is 3.00. The van der Waals surface area contributed by atoms with E-state index in [1.165, 1.54) is 11.1 Å². The highest BCUT2D eigenvalue weighted by Crippen LogP contribution is 2.31. The monoisotopic (exact) mass is 271 g/mol. The van der Waals surface area contributed by atoms with Gasteiger partial charge in [-0.15, -0.1) is 0 Å². The van der Waals surface area contributed by atoms with E-state index >= 15 is 0 Å². The number of rotatable bonds is 1. The molecule has 2 atom stereocenters. The molecule has 0 bridgehead atoms. The van der Waals surface area contributed by atoms with Gasteiger partial charge in [0.1, 0.15) is 0 Å². The number of nitrogens with zero attached hydrogens (tertiary/aromatic N) is 2. The third-order valence-electron chi connectivity index (χ3n) is 5.03. The van der Waals surface area contributed by atoms with Gasteiger partial charge in [0.25, 0.3) is 0 Å². The molecule has 4 nitrogen and oxygen atoms in total. The number of amides is 1. The van der Waals surface area contributed by atoms with Gasteiger partial charge in [-0.25, -0.2) is 0 Å². The molecule has 0 aliphatic carbocycles. The summed E-state index contributed by atoms with van der Waals surface area (Å²) in [4.78, 5) is 16.5. The SMILES string of the molecule is O=C1CCC2CN(C3CNCc4ccccc43)CCN12. The Bertz CT molecular complexity index is 530. The lowest BCUT2D eigenvalue weighted by molar-refractivity contribution is -0.131. The van der Waals surface area contributed by atoms with Crippen LogP contribution in [0.4, 0.5) is 0 Å². The summed E-state index contributed by atoms with van der Waals surface area (Å²) < 4.78 is 0. The van der Waals surface area contributed by atoms with Crippen molar-refractivity contribution in [1.82, 2.24) is 15.1 Å². The number of hydrogen-bond acceptors (Lipinski definition) is 3. The lowest BCUT2D eigenvalue weighted by Gasteiger charge is -2.43. The van der Waals surface area contributed by atoms with Crippen LogP contribution in [-0.4, -0.2) is 47.9 Å². The zero-order chi connectivity index (χ0) is 13.5. The summed E-state index contributed by atoms with van der Waals surface area (Å²) in [6, 6.07) is 9.68. The third kappa shape index (κ3) is 1.95. The minimum atomic E-state index is 0.358. The van der Waals surface area contributed by atoms with Crippen molar-refractivity contribution >= 4 is 5.91 Å². The van der Waals surface area contributed by atoms with Crippen molar-refractivity contribution in [3.05, 3.63) is 35.4 Å². The molecule has 2 unspecified atom stereocenters. The molecule has 2 fully saturated rings. The van der Waals surface area contributed by atoms with Gasteiger partial charge in [0.2, 0.25) is 5.91 Å². The van der Waals surface area contributed by atoms with E-state index in [1.54, 1.807) is 0 Å². The fourth-order valence-corrected chi connectivity index (χ4v) is 3.97. The Morgan fingerprint density at radius 3 is 3.05 bits per heavy atom. The first-order valence-electron chi connectivity index (χ1n) is 7.65. The van der Waals surface area contributed by atoms with Crippen molar-refractivity contribution in [2.45, 2.75) is 31.5 Å². The molecule has 106 valence electrons. The van der Waals surface area contributed by atoms with Crippen molar-refractivity contribution in [2.24, 2.45) is 0 Å². The standard InChI is InChI=1S/C16H21N3O/c20-16-6-5-13-11-18(7-8-19(13)16)15-10-17-9-12-3-1-2-4-14(12)15/h1-4,13,15,17H,5-11H2. The summed E-state index contributed by atoms with van der Waals surface area (Å²) in [5, 5.41) is 3.53. The highest BCUT2D eigenvalue weighted by molar-refractivity contribution is 5.78. The first-order valence-corrected chi connectivity index (χ1v) is 7.65. The van der Waals surface area contributed by atoms with Crippen LogP contribution < -0.4 is 5.32 Å². The van der Waals surface area contributed by atoms with Crippen molar-refractivity contribution in [3.8, 4) is 0 Å². The number of nitrogens with one attached hydrogen (secondary N) is 1. The van der Waals surface area contributed by atoms with Gasteiger partial charge in [-0.05, 0) is 17.5 Å². The molecular weight excluding hydrogens is 250 g/mol. The van der Waals surface area contributed by atoms with Crippen LogP contribution in [0.15, 0.2) is 24.3 Å². The van der Waals surface area contributed by atoms with Crippen LogP contribution in [0.5, 0.6) is 0 Å². The van der Waals surface area contributed by atoms with Crippen molar-refractivity contribution in [2.75, 3.05) is 26.2 Å². The van der Waals surface area contributed by atoms with E-state index in [0.717, 1.165) is 45.6 Å². The van der Waals surface area contributed by atoms with Gasteiger partial charge in [0, 0.05) is 51.2 Å². The lowest BCUT2D eigenvalue weighted by atomic mass is 9.94. The van der Waals surface area contributed by atoms with E-state index in [-0.39, 0.29) is 0 Å². The molecule has 0 spiro atoms. The maximum atomic E-state index is 11.8. The molecule has 3 heterocycles. The normalized spacial score (nSPS) is 30.2. The third-order valence-corrected chi connectivity index (χ3v) is 5.03. The van der Waals surface area contributed by atoms with E-state index in [0.29, 0.717) is 18.0 Å². The summed E-state index contributed by atoms with van der Waals surface area (Å²) in [7, 11) is 0. The molecule has 3 aliphatic rings. The number of carbonyl (C=O) groups excluding carboxylic acids is 1. The minimum absolute atomic E-state index is 0.358. The Morgan fingerprint density at radius 2 is 2.10 bits per heavy atom. The molecule has 1 N–H and O–H groups in total. The van der Waals surface area contributed by atoms with E-state index in [1.807, 2.05) is 0 Å². The molecule has 0 saturated carbocycles. The predicted molar refractivity (Wildman–Crippen MR) is 77.2 cm³/mol. The molecule has 0 radical (unpaired) electrons. The molecular formula is C16H21N3O. The van der Waals surface area contributed by atoms with Crippen molar-refractivity contribution < 1.29 is 4.79 Å². The van der Waals surface area contributed by atoms with Crippen LogP contribution in [0, 0.1) is 0 Å². The molecule has 2 saturated heterocycles. The largest absolute Gasteiger partial charge is 0.337 e. The fraction of sp³-hybridized carbons (Fsp3) is 0.562. The van der Waals surface area contributed by atoms with Gasteiger partial charge < -0.3 is 10.2 Å². The summed E-state index contributed by atoms with van der Waals surface area (Å²) in [5.74, 6) is 0.358. The van der Waals surface area contributed by atoms with Crippen LogP contribution in [0.25, 0.3) is 0 Å². The zero-order valence-electron chi connectivity index (χ0n) is 11.7. The van der Waals surface area contributed by atoms with Crippen LogP contribution in [0.2, 0.25) is 0 Å². The molecule has 1 amide bonds. The van der Waals surface area contributed by atoms with E-state index in [9.17, 15) is 4.79 Å². The molecule has 1 aromatic carbocycles. The summed E-state index contributed by atoms with van der Waals surface area (Å²) >= 11 is 0. The average molecular weight is 271 g/mol. The summed E-state index contributed by atoms with van der Waals surface area (Å²) in [5.41, 5.74) is 2.90. The van der Waals surface area contributed by atoms with E-state index in [4.69, 9.17) is 0 Å². The van der Waals surface area contributed by atoms with E-state index in [2.05, 4.69) is 39.4 Å². The number of fused-ring (bicyclic) bond motifs is 2. The molecule has 0 aromatic heterocycles. The second kappa shape index (κ2) is 4.86. The first-order chi connectivity index (χ1) is 9.83. The van der Waals surface area contributed by atoms with Gasteiger partial charge in [0.15, 0.2) is 0 Å². The second-order valence-electron chi connectivity index (χ2n) is 6.12. The van der Waals surface area contributed by atoms with Crippen LogP contribution in [-0.2, 0) is 11.3 Å². The Labute approximate surface area is 119 Å². The maximum Gasteiger partial charge on any atom is 0.222 e. The average Bonchev–Trinajstić information content (AvgIpc) is 2.87. The van der Waals surface area contributed by atoms with Gasteiger partial charge in [-0.2, -0.15) is 0 Å². The highest BCUT2D eigenvalue weighted by Gasteiger charge is 2.38. The first kappa shape index (κ1) is 12.4. The van der Waals surface area contributed by atoms with E-state index < -0.39 is 0 Å². The number of carbonyl (C=O) groups is 1. The van der Waals surface area contributed by atoms with Gasteiger partial charge in [-0.3, -0.25) is 9.69 Å². The zero-order valence-corrected chi connectivity index (χ0v) is 11.7. The smallest absolute Gasteiger partial charge is 0.222 e. The van der Waals surface area contributed by atoms with Gasteiger partial charge in [0.05, 0.1) is 0 Å². The highest BCUT2D eigenvalue weighted by atomic mass is 16.2. The van der Waals surface area contributed by atoms with Crippen molar-refractivity contribution in [3.63, 3.8) is 0 Å². The fourth-order valence-electron chi connectivity index (χ4n) is 3.97. The van der Waals surface area contributed by atoms with Gasteiger partial charge in [-0.1, -0.05) is 24.3 Å². The summed E-state index contributed by atoms with van der Waals surface area (Å²) in [6.07, 6.45) is 1.79. The molecule has 4 heteroatoms. The van der Waals surface area contributed by atoms with Gasteiger partial charge >= 0.3 is 0 Å². The number of benzene rings is 1. The molecule has 1 aromatic rings. The molecule has 4 rings (SSSR count). The number of hydrogen-bond donors (Lipinski definition) is 1. The topological polar surface area (TPSA) is 35.6 Å². The summed E-state index contributed by atoms with van der Waals surface area (Å²) in [6.45, 7) is 4.95. The molecule has 3 aliphatic heterocycles. The second-order valence-corrected chi connectivity index (χ2v) is 6.12. The van der Waals surface area contributed by atoms with Crippen LogP contribution in [0.3, 0.4) is 0 Å². The van der Waals surface area contributed by atoms with Crippen molar-refractivity contribution in [1.29, 1.82) is 0 Å².